The minimum absolute atomic E-state index is 0.509. The summed E-state index contributed by atoms with van der Waals surface area (Å²) in [6.45, 7) is 5.20. The number of hydrogen-bond donors (Lipinski definition) is 2. The first-order valence-electron chi connectivity index (χ1n) is 8.21. The van der Waals surface area contributed by atoms with Crippen LogP contribution >= 0.6 is 0 Å². The van der Waals surface area contributed by atoms with E-state index in [1.165, 1.54) is 44.1 Å². The molecule has 0 radical (unpaired) electrons. The van der Waals surface area contributed by atoms with Gasteiger partial charge in [-0.25, -0.2) is 0 Å². The van der Waals surface area contributed by atoms with Crippen molar-refractivity contribution in [3.05, 3.63) is 28.8 Å². The first-order chi connectivity index (χ1) is 9.72. The molecule has 0 heterocycles. The minimum atomic E-state index is 0.509. The highest BCUT2D eigenvalue weighted by Crippen LogP contribution is 2.27. The van der Waals surface area contributed by atoms with E-state index in [1.54, 1.807) is 0 Å². The van der Waals surface area contributed by atoms with Gasteiger partial charge in [-0.05, 0) is 43.9 Å². The highest BCUT2D eigenvalue weighted by atomic mass is 16.3. The van der Waals surface area contributed by atoms with Crippen LogP contribution in [-0.4, -0.2) is 12.2 Å². The average molecular weight is 277 g/mol. The molecule has 1 rings (SSSR count). The van der Waals surface area contributed by atoms with Crippen LogP contribution in [0.4, 0.5) is 0 Å². The molecule has 0 saturated heterocycles. The van der Waals surface area contributed by atoms with Crippen molar-refractivity contribution in [1.82, 2.24) is 5.32 Å². The largest absolute Gasteiger partial charge is 0.507 e. The topological polar surface area (TPSA) is 32.3 Å². The highest BCUT2D eigenvalue weighted by Gasteiger charge is 2.09. The predicted molar refractivity (Wildman–Crippen MR) is 87.3 cm³/mol. The minimum Gasteiger partial charge on any atom is -0.507 e. The lowest BCUT2D eigenvalue weighted by Gasteiger charge is -2.13. The van der Waals surface area contributed by atoms with Gasteiger partial charge in [-0.3, -0.25) is 0 Å². The Kier molecular flexibility index (Phi) is 8.36. The van der Waals surface area contributed by atoms with E-state index in [1.807, 2.05) is 7.05 Å². The highest BCUT2D eigenvalue weighted by molar-refractivity contribution is 5.44. The average Bonchev–Trinajstić information content (AvgIpc) is 2.44. The summed E-state index contributed by atoms with van der Waals surface area (Å²) in [7, 11) is 1.93. The summed E-state index contributed by atoms with van der Waals surface area (Å²) >= 11 is 0. The Labute approximate surface area is 124 Å². The van der Waals surface area contributed by atoms with Crippen molar-refractivity contribution in [3.63, 3.8) is 0 Å². The Bertz CT molecular complexity index is 387. The zero-order chi connectivity index (χ0) is 14.8. The van der Waals surface area contributed by atoms with Crippen LogP contribution in [-0.2, 0) is 19.4 Å². The van der Waals surface area contributed by atoms with Crippen molar-refractivity contribution in [1.29, 1.82) is 0 Å². The van der Waals surface area contributed by atoms with Gasteiger partial charge in [-0.1, -0.05) is 51.7 Å². The monoisotopic (exact) mass is 277 g/mol. The molecule has 1 aromatic carbocycles. The van der Waals surface area contributed by atoms with Crippen LogP contribution < -0.4 is 5.32 Å². The maximum atomic E-state index is 10.4. The molecule has 0 saturated carbocycles. The third kappa shape index (κ3) is 5.54. The second kappa shape index (κ2) is 9.82. The van der Waals surface area contributed by atoms with Crippen LogP contribution in [0.15, 0.2) is 12.1 Å². The first kappa shape index (κ1) is 17.0. The van der Waals surface area contributed by atoms with Crippen LogP contribution in [0.1, 0.15) is 69.1 Å². The molecule has 114 valence electrons. The van der Waals surface area contributed by atoms with E-state index in [9.17, 15) is 5.11 Å². The molecule has 0 fully saturated rings. The SMILES string of the molecule is CCCCCc1cc(CCCCC)c(O)c(CNC)c1. The Hall–Kier alpha value is -1.02. The number of aromatic hydroxyl groups is 1. The maximum absolute atomic E-state index is 10.4. The molecule has 0 bridgehead atoms. The lowest BCUT2D eigenvalue weighted by molar-refractivity contribution is 0.457. The fourth-order valence-electron chi connectivity index (χ4n) is 2.64. The quantitative estimate of drug-likeness (QED) is 0.614. The van der Waals surface area contributed by atoms with E-state index >= 15 is 0 Å². The van der Waals surface area contributed by atoms with Crippen LogP contribution in [0.25, 0.3) is 0 Å². The van der Waals surface area contributed by atoms with Gasteiger partial charge in [0.25, 0.3) is 0 Å². The molecule has 1 aromatic rings. The maximum Gasteiger partial charge on any atom is 0.123 e. The molecule has 20 heavy (non-hydrogen) atoms. The number of phenols is 1. The van der Waals surface area contributed by atoms with Crippen molar-refractivity contribution in [3.8, 4) is 5.75 Å². The molecular weight excluding hydrogens is 246 g/mol. The van der Waals surface area contributed by atoms with Gasteiger partial charge < -0.3 is 10.4 Å². The zero-order valence-electron chi connectivity index (χ0n) is 13.5. The number of hydrogen-bond acceptors (Lipinski definition) is 2. The van der Waals surface area contributed by atoms with Crippen molar-refractivity contribution in [2.75, 3.05) is 7.05 Å². The van der Waals surface area contributed by atoms with Crippen molar-refractivity contribution >= 4 is 0 Å². The van der Waals surface area contributed by atoms with Crippen LogP contribution in [0, 0.1) is 0 Å². The molecule has 2 nitrogen and oxygen atoms in total. The zero-order valence-corrected chi connectivity index (χ0v) is 13.5. The van der Waals surface area contributed by atoms with Gasteiger partial charge in [-0.15, -0.1) is 0 Å². The predicted octanol–water partition coefficient (Wildman–Crippen LogP) is 4.58. The van der Waals surface area contributed by atoms with Crippen LogP contribution in [0.5, 0.6) is 5.75 Å². The van der Waals surface area contributed by atoms with Gasteiger partial charge in [0, 0.05) is 12.1 Å². The Morgan fingerprint density at radius 1 is 0.900 bits per heavy atom. The van der Waals surface area contributed by atoms with E-state index in [2.05, 4.69) is 31.3 Å². The molecule has 0 aliphatic carbocycles. The summed E-state index contributed by atoms with van der Waals surface area (Å²) in [5.41, 5.74) is 3.57. The van der Waals surface area contributed by atoms with Gasteiger partial charge in [0.1, 0.15) is 5.75 Å². The van der Waals surface area contributed by atoms with Gasteiger partial charge >= 0.3 is 0 Å². The molecule has 0 aliphatic heterocycles. The Morgan fingerprint density at radius 2 is 1.50 bits per heavy atom. The van der Waals surface area contributed by atoms with E-state index in [4.69, 9.17) is 0 Å². The van der Waals surface area contributed by atoms with E-state index in [0.717, 1.165) is 30.5 Å². The smallest absolute Gasteiger partial charge is 0.123 e. The standard InChI is InChI=1S/C18H31NO/c1-4-6-8-10-15-12-16(11-9-7-5-2)18(20)17(13-15)14-19-3/h12-13,19-20H,4-11,14H2,1-3H3. The Balaban J connectivity index is 2.82. The fourth-order valence-corrected chi connectivity index (χ4v) is 2.64. The number of unbranched alkanes of at least 4 members (excludes halogenated alkanes) is 4. The molecule has 0 aromatic heterocycles. The normalized spacial score (nSPS) is 10.9. The molecule has 0 amide bonds. The summed E-state index contributed by atoms with van der Waals surface area (Å²) in [5.74, 6) is 0.509. The fraction of sp³-hybridized carbons (Fsp3) is 0.667. The van der Waals surface area contributed by atoms with Gasteiger partial charge in [0.15, 0.2) is 0 Å². The lowest BCUT2D eigenvalue weighted by atomic mass is 9.96. The third-order valence-electron chi connectivity index (χ3n) is 3.81. The summed E-state index contributed by atoms with van der Waals surface area (Å²) in [6.07, 6.45) is 9.54. The number of aryl methyl sites for hydroxylation is 2. The Morgan fingerprint density at radius 3 is 2.10 bits per heavy atom. The second-order valence-electron chi connectivity index (χ2n) is 5.71. The van der Waals surface area contributed by atoms with Crippen molar-refractivity contribution in [2.24, 2.45) is 0 Å². The van der Waals surface area contributed by atoms with Crippen LogP contribution in [0.3, 0.4) is 0 Å². The number of rotatable bonds is 10. The molecule has 0 unspecified atom stereocenters. The van der Waals surface area contributed by atoms with E-state index < -0.39 is 0 Å². The summed E-state index contributed by atoms with van der Waals surface area (Å²) < 4.78 is 0. The van der Waals surface area contributed by atoms with Crippen molar-refractivity contribution in [2.45, 2.75) is 71.8 Å². The van der Waals surface area contributed by atoms with Gasteiger partial charge in [0.2, 0.25) is 0 Å². The number of nitrogens with one attached hydrogen (secondary N) is 1. The second-order valence-corrected chi connectivity index (χ2v) is 5.71. The molecular formula is C18H31NO. The summed E-state index contributed by atoms with van der Waals surface area (Å²) in [6, 6.07) is 4.39. The molecule has 0 spiro atoms. The van der Waals surface area contributed by atoms with E-state index in [-0.39, 0.29) is 0 Å². The molecule has 0 atom stereocenters. The van der Waals surface area contributed by atoms with Gasteiger partial charge in [-0.2, -0.15) is 0 Å². The number of benzene rings is 1. The molecule has 2 N–H and O–H groups in total. The first-order valence-corrected chi connectivity index (χ1v) is 8.21. The third-order valence-corrected chi connectivity index (χ3v) is 3.81. The lowest BCUT2D eigenvalue weighted by Crippen LogP contribution is -2.07. The summed E-state index contributed by atoms with van der Waals surface area (Å²) in [5, 5.41) is 13.5. The van der Waals surface area contributed by atoms with Crippen molar-refractivity contribution < 1.29 is 5.11 Å². The molecule has 2 heteroatoms. The molecule has 0 aliphatic rings. The summed E-state index contributed by atoms with van der Waals surface area (Å²) in [4.78, 5) is 0. The van der Waals surface area contributed by atoms with Gasteiger partial charge in [0.05, 0.1) is 0 Å². The van der Waals surface area contributed by atoms with E-state index in [0.29, 0.717) is 5.75 Å². The number of phenolic OH excluding ortho intramolecular Hbond substituents is 1. The van der Waals surface area contributed by atoms with Crippen LogP contribution in [0.2, 0.25) is 0 Å².